The lowest BCUT2D eigenvalue weighted by Gasteiger charge is -2.40. The molecule has 2 aliphatic carbocycles. The van der Waals surface area contributed by atoms with E-state index in [1.807, 2.05) is 0 Å². The van der Waals surface area contributed by atoms with Crippen LogP contribution >= 0.6 is 0 Å². The van der Waals surface area contributed by atoms with Crippen molar-refractivity contribution in [3.8, 4) is 0 Å². The van der Waals surface area contributed by atoms with Gasteiger partial charge in [0.1, 0.15) is 0 Å². The number of amides is 1. The quantitative estimate of drug-likeness (QED) is 0.759. The van der Waals surface area contributed by atoms with Crippen molar-refractivity contribution >= 4 is 5.91 Å². The molecule has 0 aromatic heterocycles. The van der Waals surface area contributed by atoms with Gasteiger partial charge in [0, 0.05) is 6.04 Å². The van der Waals surface area contributed by atoms with Crippen LogP contribution in [0.2, 0.25) is 0 Å². The van der Waals surface area contributed by atoms with Crippen molar-refractivity contribution in [3.05, 3.63) is 0 Å². The van der Waals surface area contributed by atoms with Crippen molar-refractivity contribution in [2.45, 2.75) is 82.7 Å². The molecule has 3 heteroatoms. The number of hydrogen-bond donors (Lipinski definition) is 2. The van der Waals surface area contributed by atoms with E-state index in [-0.39, 0.29) is 5.91 Å². The predicted octanol–water partition coefficient (Wildman–Crippen LogP) is 2.73. The Hall–Kier alpha value is -0.570. The number of hydrogen-bond acceptors (Lipinski definition) is 2. The Bertz CT molecular complexity index is 274. The molecule has 2 saturated carbocycles. The lowest BCUT2D eigenvalue weighted by Crippen LogP contribution is -2.60. The average Bonchev–Trinajstić information content (AvgIpc) is 2.60. The van der Waals surface area contributed by atoms with E-state index in [0.29, 0.717) is 6.04 Å². The number of carbonyl (C=O) groups excluding carboxylic acids is 1. The normalized spacial score (nSPS) is 35.1. The van der Waals surface area contributed by atoms with Crippen molar-refractivity contribution in [2.24, 2.45) is 11.7 Å². The largest absolute Gasteiger partial charge is 0.368 e. The number of primary amides is 1. The van der Waals surface area contributed by atoms with E-state index in [0.717, 1.165) is 31.6 Å². The molecule has 0 aliphatic heterocycles. The second kappa shape index (κ2) is 6.05. The highest BCUT2D eigenvalue weighted by atomic mass is 16.1. The number of nitrogens with one attached hydrogen (secondary N) is 1. The van der Waals surface area contributed by atoms with E-state index >= 15 is 0 Å². The van der Waals surface area contributed by atoms with Gasteiger partial charge in [0.05, 0.1) is 5.54 Å². The van der Waals surface area contributed by atoms with Gasteiger partial charge in [-0.25, -0.2) is 0 Å². The van der Waals surface area contributed by atoms with Crippen molar-refractivity contribution in [1.82, 2.24) is 5.32 Å². The first-order valence-electron chi connectivity index (χ1n) is 7.70. The van der Waals surface area contributed by atoms with Gasteiger partial charge in [0.25, 0.3) is 0 Å². The molecule has 0 radical (unpaired) electrons. The van der Waals surface area contributed by atoms with E-state index in [2.05, 4.69) is 12.2 Å². The van der Waals surface area contributed by atoms with Gasteiger partial charge in [-0.1, -0.05) is 32.6 Å². The van der Waals surface area contributed by atoms with Crippen LogP contribution in [0.1, 0.15) is 71.1 Å². The highest BCUT2D eigenvalue weighted by Gasteiger charge is 2.40. The molecule has 0 atom stereocenters. The summed E-state index contributed by atoms with van der Waals surface area (Å²) in [5.74, 6) is 0.618. The SMILES string of the molecule is CC1CCC(NC2CCCCCC2)(C(N)=O)CC1. The Morgan fingerprint density at radius 2 is 1.61 bits per heavy atom. The van der Waals surface area contributed by atoms with Gasteiger partial charge >= 0.3 is 0 Å². The second-order valence-electron chi connectivity index (χ2n) is 6.46. The Morgan fingerprint density at radius 1 is 1.06 bits per heavy atom. The van der Waals surface area contributed by atoms with Gasteiger partial charge in [-0.2, -0.15) is 0 Å². The van der Waals surface area contributed by atoms with Gasteiger partial charge in [-0.3, -0.25) is 4.79 Å². The molecule has 3 nitrogen and oxygen atoms in total. The molecule has 0 heterocycles. The number of carbonyl (C=O) groups is 1. The average molecular weight is 252 g/mol. The van der Waals surface area contributed by atoms with Crippen LogP contribution in [0.25, 0.3) is 0 Å². The van der Waals surface area contributed by atoms with E-state index in [4.69, 9.17) is 5.73 Å². The molecule has 3 N–H and O–H groups in total. The fourth-order valence-corrected chi connectivity index (χ4v) is 3.53. The molecule has 0 unspecified atom stereocenters. The Balaban J connectivity index is 1.99. The van der Waals surface area contributed by atoms with Crippen LogP contribution in [-0.2, 0) is 4.79 Å². The summed E-state index contributed by atoms with van der Waals surface area (Å²) < 4.78 is 0. The molecule has 104 valence electrons. The molecule has 0 aromatic rings. The molecule has 2 fully saturated rings. The van der Waals surface area contributed by atoms with E-state index in [1.165, 1.54) is 38.5 Å². The van der Waals surface area contributed by atoms with Crippen molar-refractivity contribution in [3.63, 3.8) is 0 Å². The summed E-state index contributed by atoms with van der Waals surface area (Å²) in [5, 5.41) is 3.66. The third kappa shape index (κ3) is 3.25. The number of rotatable bonds is 3. The highest BCUT2D eigenvalue weighted by molar-refractivity contribution is 5.84. The maximum Gasteiger partial charge on any atom is 0.237 e. The first-order chi connectivity index (χ1) is 8.62. The van der Waals surface area contributed by atoms with Crippen LogP contribution in [0.5, 0.6) is 0 Å². The minimum absolute atomic E-state index is 0.126. The van der Waals surface area contributed by atoms with E-state index in [9.17, 15) is 4.79 Å². The van der Waals surface area contributed by atoms with Gasteiger partial charge in [0.15, 0.2) is 0 Å². The standard InChI is InChI=1S/C15H28N2O/c1-12-8-10-15(11-9-12,14(16)18)17-13-6-4-2-3-5-7-13/h12-13,17H,2-11H2,1H3,(H2,16,18). The lowest BCUT2D eigenvalue weighted by atomic mass is 9.76. The molecular formula is C15H28N2O. The first-order valence-corrected chi connectivity index (χ1v) is 7.70. The van der Waals surface area contributed by atoms with E-state index in [1.54, 1.807) is 0 Å². The maximum absolute atomic E-state index is 11.9. The first kappa shape index (κ1) is 13.9. The number of nitrogens with two attached hydrogens (primary N) is 1. The fourth-order valence-electron chi connectivity index (χ4n) is 3.53. The Labute approximate surface area is 111 Å². The van der Waals surface area contributed by atoms with Crippen LogP contribution < -0.4 is 11.1 Å². The fraction of sp³-hybridized carbons (Fsp3) is 0.933. The van der Waals surface area contributed by atoms with Crippen LogP contribution in [0, 0.1) is 5.92 Å². The van der Waals surface area contributed by atoms with Gasteiger partial charge in [-0.05, 0) is 44.4 Å². The molecule has 18 heavy (non-hydrogen) atoms. The zero-order valence-electron chi connectivity index (χ0n) is 11.7. The molecule has 2 aliphatic rings. The highest BCUT2D eigenvalue weighted by Crippen LogP contribution is 2.33. The van der Waals surface area contributed by atoms with Crippen LogP contribution in [0.3, 0.4) is 0 Å². The summed E-state index contributed by atoms with van der Waals surface area (Å²) in [5.41, 5.74) is 5.30. The Morgan fingerprint density at radius 3 is 2.11 bits per heavy atom. The third-order valence-electron chi connectivity index (χ3n) is 4.94. The minimum atomic E-state index is -0.401. The monoisotopic (exact) mass is 252 g/mol. The molecule has 0 saturated heterocycles. The smallest absolute Gasteiger partial charge is 0.237 e. The molecular weight excluding hydrogens is 224 g/mol. The van der Waals surface area contributed by atoms with E-state index < -0.39 is 5.54 Å². The summed E-state index contributed by atoms with van der Waals surface area (Å²) in [6, 6.07) is 0.508. The van der Waals surface area contributed by atoms with Gasteiger partial charge < -0.3 is 11.1 Å². The summed E-state index contributed by atoms with van der Waals surface area (Å²) in [6.07, 6.45) is 11.8. The summed E-state index contributed by atoms with van der Waals surface area (Å²) in [7, 11) is 0. The third-order valence-corrected chi connectivity index (χ3v) is 4.94. The molecule has 0 spiro atoms. The zero-order chi connectivity index (χ0) is 13.0. The van der Waals surface area contributed by atoms with Gasteiger partial charge in [0.2, 0.25) is 5.91 Å². The second-order valence-corrected chi connectivity index (χ2v) is 6.46. The van der Waals surface area contributed by atoms with Crippen molar-refractivity contribution < 1.29 is 4.79 Å². The van der Waals surface area contributed by atoms with Crippen molar-refractivity contribution in [1.29, 1.82) is 0 Å². The van der Waals surface area contributed by atoms with Crippen LogP contribution in [-0.4, -0.2) is 17.5 Å². The molecule has 2 rings (SSSR count). The summed E-state index contributed by atoms with van der Waals surface area (Å²) >= 11 is 0. The van der Waals surface area contributed by atoms with Gasteiger partial charge in [-0.15, -0.1) is 0 Å². The Kier molecular flexibility index (Phi) is 4.66. The predicted molar refractivity (Wildman–Crippen MR) is 74.2 cm³/mol. The van der Waals surface area contributed by atoms with Crippen LogP contribution in [0.15, 0.2) is 0 Å². The molecule has 0 aromatic carbocycles. The lowest BCUT2D eigenvalue weighted by molar-refractivity contribution is -0.126. The summed E-state index contributed by atoms with van der Waals surface area (Å²) in [4.78, 5) is 11.9. The summed E-state index contributed by atoms with van der Waals surface area (Å²) in [6.45, 7) is 2.27. The molecule has 0 bridgehead atoms. The topological polar surface area (TPSA) is 55.1 Å². The minimum Gasteiger partial charge on any atom is -0.368 e. The van der Waals surface area contributed by atoms with Crippen molar-refractivity contribution in [2.75, 3.05) is 0 Å². The maximum atomic E-state index is 11.9. The zero-order valence-corrected chi connectivity index (χ0v) is 11.7. The van der Waals surface area contributed by atoms with Crippen LogP contribution in [0.4, 0.5) is 0 Å². The molecule has 1 amide bonds.